The number of fused-ring (bicyclic) bond motifs is 3. The molecule has 1 fully saturated rings. The van der Waals surface area contributed by atoms with Gasteiger partial charge in [0.15, 0.2) is 0 Å². The number of alkyl carbamates (subject to hydrolysis) is 1. The molecular weight excluding hydrogens is 419 g/mol. The number of carbonyl (C=O) groups excluding carboxylic acids is 1. The van der Waals surface area contributed by atoms with E-state index in [0.717, 1.165) is 22.9 Å². The predicted octanol–water partition coefficient (Wildman–Crippen LogP) is 5.23. The van der Waals surface area contributed by atoms with Crippen molar-refractivity contribution < 1.29 is 13.9 Å². The van der Waals surface area contributed by atoms with E-state index in [4.69, 9.17) is 4.74 Å². The first-order valence-corrected chi connectivity index (χ1v) is 11.0. The third-order valence-corrected chi connectivity index (χ3v) is 6.08. The number of rotatable bonds is 4. The zero-order valence-electron chi connectivity index (χ0n) is 18.0. The highest BCUT2D eigenvalue weighted by Crippen LogP contribution is 2.38. The number of aromatic nitrogens is 1. The maximum atomic E-state index is 15.3. The molecule has 2 N–H and O–H groups in total. The molecule has 0 unspecified atom stereocenters. The maximum Gasteiger partial charge on any atom is 0.407 e. The Morgan fingerprint density at radius 2 is 2.00 bits per heavy atom. The van der Waals surface area contributed by atoms with E-state index in [0.29, 0.717) is 42.6 Å². The third-order valence-electron chi connectivity index (χ3n) is 6.08. The fourth-order valence-electron chi connectivity index (χ4n) is 4.57. The molecule has 0 saturated carbocycles. The molecule has 4 aromatic rings. The van der Waals surface area contributed by atoms with Gasteiger partial charge in [-0.2, -0.15) is 5.26 Å². The molecule has 0 bridgehead atoms. The summed E-state index contributed by atoms with van der Waals surface area (Å²) in [4.78, 5) is 17.6. The summed E-state index contributed by atoms with van der Waals surface area (Å²) in [7, 11) is 0. The van der Waals surface area contributed by atoms with Crippen LogP contribution in [0.5, 0.6) is 0 Å². The molecule has 6 nitrogen and oxygen atoms in total. The molecule has 2 heterocycles. The monoisotopic (exact) mass is 442 g/mol. The van der Waals surface area contributed by atoms with Gasteiger partial charge in [-0.1, -0.05) is 48.5 Å². The highest BCUT2D eigenvalue weighted by Gasteiger charge is 2.28. The van der Waals surface area contributed by atoms with Crippen LogP contribution in [0, 0.1) is 17.1 Å². The van der Waals surface area contributed by atoms with Crippen molar-refractivity contribution in [3.63, 3.8) is 0 Å². The van der Waals surface area contributed by atoms with Gasteiger partial charge in [0.05, 0.1) is 23.3 Å². The second-order valence-electron chi connectivity index (χ2n) is 8.24. The molecule has 0 aliphatic carbocycles. The SMILES string of the molecule is N#Cc1cc(F)c(N2CCC[C@H](OC(=O)NCc3ccccc3)C2)c2c1[nH]c1ccccc12. The fourth-order valence-corrected chi connectivity index (χ4v) is 4.57. The van der Waals surface area contributed by atoms with E-state index in [1.165, 1.54) is 6.07 Å². The second kappa shape index (κ2) is 8.83. The highest BCUT2D eigenvalue weighted by molar-refractivity contribution is 6.15. The molecule has 166 valence electrons. The molecule has 1 atom stereocenters. The van der Waals surface area contributed by atoms with E-state index >= 15 is 4.39 Å². The van der Waals surface area contributed by atoms with Crippen LogP contribution in [0.3, 0.4) is 0 Å². The number of amides is 1. The Morgan fingerprint density at radius 3 is 2.82 bits per heavy atom. The molecular formula is C26H23FN4O2. The number of carbonyl (C=O) groups is 1. The summed E-state index contributed by atoms with van der Waals surface area (Å²) in [6, 6.07) is 20.6. The Balaban J connectivity index is 1.39. The Kier molecular flexibility index (Phi) is 5.57. The largest absolute Gasteiger partial charge is 0.444 e. The lowest BCUT2D eigenvalue weighted by molar-refractivity contribution is 0.0879. The van der Waals surface area contributed by atoms with E-state index in [-0.39, 0.29) is 11.7 Å². The van der Waals surface area contributed by atoms with Crippen LogP contribution in [0.1, 0.15) is 24.0 Å². The minimum Gasteiger partial charge on any atom is -0.444 e. The van der Waals surface area contributed by atoms with Crippen molar-refractivity contribution in [3.05, 3.63) is 77.6 Å². The quantitative estimate of drug-likeness (QED) is 0.454. The van der Waals surface area contributed by atoms with Crippen molar-refractivity contribution >= 4 is 33.6 Å². The predicted molar refractivity (Wildman–Crippen MR) is 125 cm³/mol. The van der Waals surface area contributed by atoms with Gasteiger partial charge >= 0.3 is 6.09 Å². The first-order valence-electron chi connectivity index (χ1n) is 11.0. The molecule has 7 heteroatoms. The normalized spacial score (nSPS) is 16.0. The van der Waals surface area contributed by atoms with Gasteiger partial charge in [0.2, 0.25) is 0 Å². The van der Waals surface area contributed by atoms with Gasteiger partial charge in [0.25, 0.3) is 0 Å². The van der Waals surface area contributed by atoms with Gasteiger partial charge < -0.3 is 19.9 Å². The lowest BCUT2D eigenvalue weighted by atomic mass is 10.0. The number of anilines is 1. The van der Waals surface area contributed by atoms with Crippen molar-refractivity contribution in [2.24, 2.45) is 0 Å². The van der Waals surface area contributed by atoms with Crippen molar-refractivity contribution in [1.29, 1.82) is 5.26 Å². The summed E-state index contributed by atoms with van der Waals surface area (Å²) < 4.78 is 21.0. The summed E-state index contributed by atoms with van der Waals surface area (Å²) in [5, 5.41) is 13.9. The van der Waals surface area contributed by atoms with Gasteiger partial charge in [-0.15, -0.1) is 0 Å². The van der Waals surface area contributed by atoms with Crippen LogP contribution < -0.4 is 10.2 Å². The van der Waals surface area contributed by atoms with Crippen LogP contribution in [0.25, 0.3) is 21.8 Å². The molecule has 1 aliphatic rings. The van der Waals surface area contributed by atoms with Crippen LogP contribution in [-0.4, -0.2) is 30.3 Å². The summed E-state index contributed by atoms with van der Waals surface area (Å²) in [5.41, 5.74) is 3.17. The smallest absolute Gasteiger partial charge is 0.407 e. The van der Waals surface area contributed by atoms with Gasteiger partial charge in [0, 0.05) is 29.4 Å². The number of piperidine rings is 1. The second-order valence-corrected chi connectivity index (χ2v) is 8.24. The van der Waals surface area contributed by atoms with Crippen LogP contribution in [0.15, 0.2) is 60.7 Å². The summed E-state index contributed by atoms with van der Waals surface area (Å²) in [6.07, 6.45) is 0.637. The van der Waals surface area contributed by atoms with Gasteiger partial charge in [0.1, 0.15) is 18.0 Å². The number of nitrogens with zero attached hydrogens (tertiary/aromatic N) is 2. The number of H-pyrrole nitrogens is 1. The number of hydrogen-bond donors (Lipinski definition) is 2. The van der Waals surface area contributed by atoms with Gasteiger partial charge in [-0.25, -0.2) is 9.18 Å². The Labute approximate surface area is 190 Å². The summed E-state index contributed by atoms with van der Waals surface area (Å²) in [5.74, 6) is -0.446. The Bertz CT molecular complexity index is 1360. The first-order chi connectivity index (χ1) is 16.1. The van der Waals surface area contributed by atoms with Crippen molar-refractivity contribution in [2.45, 2.75) is 25.5 Å². The van der Waals surface area contributed by atoms with Crippen molar-refractivity contribution in [1.82, 2.24) is 10.3 Å². The number of benzene rings is 3. The summed E-state index contributed by atoms with van der Waals surface area (Å²) in [6.45, 7) is 1.41. The van der Waals surface area contributed by atoms with E-state index in [1.807, 2.05) is 59.5 Å². The zero-order chi connectivity index (χ0) is 22.8. The Morgan fingerprint density at radius 1 is 1.21 bits per heavy atom. The average molecular weight is 442 g/mol. The lowest BCUT2D eigenvalue weighted by Gasteiger charge is -2.34. The fraction of sp³-hybridized carbons (Fsp3) is 0.231. The lowest BCUT2D eigenvalue weighted by Crippen LogP contribution is -2.42. The van der Waals surface area contributed by atoms with E-state index in [9.17, 15) is 10.1 Å². The molecule has 0 spiro atoms. The minimum atomic E-state index is -0.483. The van der Waals surface area contributed by atoms with Crippen LogP contribution in [0.4, 0.5) is 14.9 Å². The van der Waals surface area contributed by atoms with Crippen molar-refractivity contribution in [3.8, 4) is 6.07 Å². The number of nitriles is 1. The van der Waals surface area contributed by atoms with Gasteiger partial charge in [-0.05, 0) is 30.5 Å². The maximum absolute atomic E-state index is 15.3. The number of halogens is 1. The first kappa shape index (κ1) is 20.8. The number of hydrogen-bond acceptors (Lipinski definition) is 4. The molecule has 1 aliphatic heterocycles. The molecule has 0 radical (unpaired) electrons. The minimum absolute atomic E-state index is 0.271. The zero-order valence-corrected chi connectivity index (χ0v) is 18.0. The standard InChI is InChI=1S/C26H23FN4O2/c27-21-13-18(14-28)24-23(20-10-4-5-11-22(20)30-24)25(21)31-12-6-9-19(16-31)33-26(32)29-15-17-7-2-1-3-8-17/h1-5,7-8,10-11,13,19,30H,6,9,12,15-16H2,(H,29,32)/t19-/m0/s1. The topological polar surface area (TPSA) is 81.2 Å². The highest BCUT2D eigenvalue weighted by atomic mass is 19.1. The van der Waals surface area contributed by atoms with Gasteiger partial charge in [-0.3, -0.25) is 0 Å². The van der Waals surface area contributed by atoms with Crippen LogP contribution in [-0.2, 0) is 11.3 Å². The molecule has 1 amide bonds. The number of nitrogens with one attached hydrogen (secondary N) is 2. The van der Waals surface area contributed by atoms with Crippen LogP contribution >= 0.6 is 0 Å². The number of para-hydroxylation sites is 1. The van der Waals surface area contributed by atoms with Crippen LogP contribution in [0.2, 0.25) is 0 Å². The van der Waals surface area contributed by atoms with E-state index in [1.54, 1.807) is 0 Å². The van der Waals surface area contributed by atoms with E-state index in [2.05, 4.69) is 16.4 Å². The molecule has 1 aromatic heterocycles. The average Bonchev–Trinajstić information content (AvgIpc) is 3.22. The molecule has 3 aromatic carbocycles. The van der Waals surface area contributed by atoms with Crippen molar-refractivity contribution in [2.75, 3.05) is 18.0 Å². The third kappa shape index (κ3) is 4.08. The number of ether oxygens (including phenoxy) is 1. The molecule has 5 rings (SSSR count). The molecule has 1 saturated heterocycles. The summed E-state index contributed by atoms with van der Waals surface area (Å²) >= 11 is 0. The Hall–Kier alpha value is -4.05. The number of aromatic amines is 1. The molecule has 33 heavy (non-hydrogen) atoms. The van der Waals surface area contributed by atoms with E-state index < -0.39 is 11.9 Å².